The molecular weight excluding hydrogens is 252 g/mol. The molecule has 3 rings (SSSR count). The maximum Gasteiger partial charge on any atom is 0.220 e. The first-order valence-corrected chi connectivity index (χ1v) is 6.27. The minimum Gasteiger partial charge on any atom is -0.493 e. The molecule has 100 valence electrons. The quantitative estimate of drug-likeness (QED) is 0.712. The van der Waals surface area contributed by atoms with Crippen molar-refractivity contribution in [1.82, 2.24) is 9.55 Å². The van der Waals surface area contributed by atoms with Crippen LogP contribution in [0.1, 0.15) is 5.56 Å². The lowest BCUT2D eigenvalue weighted by atomic mass is 10.1. The zero-order valence-corrected chi connectivity index (χ0v) is 11.3. The Morgan fingerprint density at radius 3 is 2.75 bits per heavy atom. The van der Waals surface area contributed by atoms with Gasteiger partial charge in [0.1, 0.15) is 0 Å². The van der Waals surface area contributed by atoms with Gasteiger partial charge in [0.25, 0.3) is 0 Å². The fourth-order valence-corrected chi connectivity index (χ4v) is 2.14. The molecule has 0 saturated heterocycles. The summed E-state index contributed by atoms with van der Waals surface area (Å²) in [7, 11) is 1.80. The van der Waals surface area contributed by atoms with Gasteiger partial charge in [0, 0.05) is 18.6 Å². The molecule has 5 nitrogen and oxygen atoms in total. The van der Waals surface area contributed by atoms with Gasteiger partial charge in [-0.25, -0.2) is 4.98 Å². The van der Waals surface area contributed by atoms with Crippen LogP contribution < -0.4 is 0 Å². The van der Waals surface area contributed by atoms with E-state index in [-0.39, 0.29) is 5.88 Å². The second kappa shape index (κ2) is 4.77. The fourth-order valence-electron chi connectivity index (χ4n) is 2.14. The van der Waals surface area contributed by atoms with Crippen LogP contribution in [0.25, 0.3) is 10.9 Å². The van der Waals surface area contributed by atoms with Gasteiger partial charge in [0.2, 0.25) is 5.88 Å². The van der Waals surface area contributed by atoms with Crippen molar-refractivity contribution in [2.75, 3.05) is 0 Å². The van der Waals surface area contributed by atoms with Gasteiger partial charge in [-0.1, -0.05) is 17.7 Å². The highest BCUT2D eigenvalue weighted by atomic mass is 16.3. The summed E-state index contributed by atoms with van der Waals surface area (Å²) in [5, 5.41) is 19.3. The number of pyridine rings is 1. The third-order valence-electron chi connectivity index (χ3n) is 3.20. The molecule has 0 saturated carbocycles. The summed E-state index contributed by atoms with van der Waals surface area (Å²) in [5.41, 5.74) is 2.50. The number of fused-ring (bicyclic) bond motifs is 1. The normalized spacial score (nSPS) is 11.5. The molecule has 20 heavy (non-hydrogen) atoms. The van der Waals surface area contributed by atoms with Crippen molar-refractivity contribution in [1.29, 1.82) is 0 Å². The molecule has 0 bridgehead atoms. The van der Waals surface area contributed by atoms with E-state index in [1.807, 2.05) is 37.3 Å². The van der Waals surface area contributed by atoms with Gasteiger partial charge in [0.05, 0.1) is 5.52 Å². The number of azo groups is 1. The number of hydrogen-bond donors (Lipinski definition) is 1. The van der Waals surface area contributed by atoms with Gasteiger partial charge in [-0.05, 0) is 31.2 Å². The molecule has 0 atom stereocenters. The zero-order chi connectivity index (χ0) is 14.1. The second-order valence-electron chi connectivity index (χ2n) is 4.64. The van der Waals surface area contributed by atoms with Crippen molar-refractivity contribution < 1.29 is 5.11 Å². The average molecular weight is 266 g/mol. The van der Waals surface area contributed by atoms with E-state index in [0.29, 0.717) is 11.5 Å². The molecule has 1 aromatic carbocycles. The lowest BCUT2D eigenvalue weighted by molar-refractivity contribution is 0.436. The number of benzene rings is 1. The van der Waals surface area contributed by atoms with E-state index in [0.717, 1.165) is 16.5 Å². The Kier molecular flexibility index (Phi) is 2.95. The SMILES string of the molecule is Cc1ccc2c(c1)c(N=Nc1ccccn1)c(O)n2C. The summed E-state index contributed by atoms with van der Waals surface area (Å²) in [6, 6.07) is 11.4. The molecule has 2 aromatic heterocycles. The molecule has 0 radical (unpaired) electrons. The van der Waals surface area contributed by atoms with Crippen LogP contribution in [0.3, 0.4) is 0 Å². The minimum absolute atomic E-state index is 0.102. The van der Waals surface area contributed by atoms with E-state index in [9.17, 15) is 5.11 Å². The summed E-state index contributed by atoms with van der Waals surface area (Å²) in [6.07, 6.45) is 1.65. The molecule has 0 aliphatic rings. The first-order valence-electron chi connectivity index (χ1n) is 6.27. The third-order valence-corrected chi connectivity index (χ3v) is 3.20. The van der Waals surface area contributed by atoms with Crippen LogP contribution in [0, 0.1) is 6.92 Å². The second-order valence-corrected chi connectivity index (χ2v) is 4.64. The van der Waals surface area contributed by atoms with Crippen molar-refractivity contribution in [3.05, 3.63) is 48.2 Å². The predicted molar refractivity (Wildman–Crippen MR) is 77.7 cm³/mol. The maximum absolute atomic E-state index is 10.2. The molecule has 2 heterocycles. The predicted octanol–water partition coefficient (Wildman–Crippen LogP) is 4.00. The standard InChI is InChI=1S/C15H14N4O/c1-10-6-7-12-11(9-10)14(15(20)19(12)2)18-17-13-5-3-4-8-16-13/h3-9,20H,1-2H3. The van der Waals surface area contributed by atoms with Gasteiger partial charge in [-0.2, -0.15) is 0 Å². The van der Waals surface area contributed by atoms with E-state index < -0.39 is 0 Å². The zero-order valence-electron chi connectivity index (χ0n) is 11.3. The van der Waals surface area contributed by atoms with E-state index >= 15 is 0 Å². The first-order chi connectivity index (χ1) is 9.66. The smallest absolute Gasteiger partial charge is 0.220 e. The molecule has 0 aliphatic carbocycles. The molecule has 3 aromatic rings. The lowest BCUT2D eigenvalue weighted by Crippen LogP contribution is -1.85. The van der Waals surface area contributed by atoms with Crippen LogP contribution in [-0.2, 0) is 7.05 Å². The Labute approximate surface area is 116 Å². The summed E-state index contributed by atoms with van der Waals surface area (Å²) < 4.78 is 1.70. The van der Waals surface area contributed by atoms with Crippen LogP contribution >= 0.6 is 0 Å². The molecule has 0 spiro atoms. The van der Waals surface area contributed by atoms with Crippen molar-refractivity contribution in [2.24, 2.45) is 17.3 Å². The maximum atomic E-state index is 10.2. The van der Waals surface area contributed by atoms with Crippen LogP contribution in [0.2, 0.25) is 0 Å². The summed E-state index contributed by atoms with van der Waals surface area (Å²) >= 11 is 0. The van der Waals surface area contributed by atoms with Crippen molar-refractivity contribution in [3.8, 4) is 5.88 Å². The minimum atomic E-state index is 0.102. The van der Waals surface area contributed by atoms with Gasteiger partial charge in [-0.3, -0.25) is 0 Å². The Morgan fingerprint density at radius 2 is 2.00 bits per heavy atom. The highest BCUT2D eigenvalue weighted by Gasteiger charge is 2.14. The topological polar surface area (TPSA) is 62.8 Å². The van der Waals surface area contributed by atoms with Crippen molar-refractivity contribution in [3.63, 3.8) is 0 Å². The van der Waals surface area contributed by atoms with Gasteiger partial charge in [0.15, 0.2) is 11.5 Å². The molecule has 0 fully saturated rings. The number of aryl methyl sites for hydroxylation is 2. The van der Waals surface area contributed by atoms with Gasteiger partial charge in [-0.15, -0.1) is 10.2 Å². The van der Waals surface area contributed by atoms with E-state index in [1.165, 1.54) is 0 Å². The molecule has 1 N–H and O–H groups in total. The van der Waals surface area contributed by atoms with Crippen LogP contribution in [0.15, 0.2) is 52.8 Å². The summed E-state index contributed by atoms with van der Waals surface area (Å²) in [4.78, 5) is 4.08. The van der Waals surface area contributed by atoms with E-state index in [2.05, 4.69) is 15.2 Å². The lowest BCUT2D eigenvalue weighted by Gasteiger charge is -1.96. The summed E-state index contributed by atoms with van der Waals surface area (Å²) in [5.74, 6) is 0.613. The molecule has 0 aliphatic heterocycles. The van der Waals surface area contributed by atoms with Crippen LogP contribution in [0.5, 0.6) is 5.88 Å². The number of hydrogen-bond acceptors (Lipinski definition) is 4. The number of aromatic hydroxyl groups is 1. The average Bonchev–Trinajstić information content (AvgIpc) is 2.70. The molecule has 0 amide bonds. The van der Waals surface area contributed by atoms with Gasteiger partial charge < -0.3 is 9.67 Å². The Balaban J connectivity index is 2.14. The van der Waals surface area contributed by atoms with Crippen LogP contribution in [-0.4, -0.2) is 14.7 Å². The highest BCUT2D eigenvalue weighted by Crippen LogP contribution is 2.38. The Morgan fingerprint density at radius 1 is 1.15 bits per heavy atom. The first kappa shape index (κ1) is 12.3. The van der Waals surface area contributed by atoms with Gasteiger partial charge >= 0.3 is 0 Å². The number of nitrogens with zero attached hydrogens (tertiary/aromatic N) is 4. The monoisotopic (exact) mass is 266 g/mol. The largest absolute Gasteiger partial charge is 0.493 e. The molecular formula is C15H14N4O. The number of rotatable bonds is 2. The highest BCUT2D eigenvalue weighted by molar-refractivity contribution is 5.95. The molecule has 5 heteroatoms. The number of aromatic nitrogens is 2. The third kappa shape index (κ3) is 2.03. The van der Waals surface area contributed by atoms with Crippen molar-refractivity contribution >= 4 is 22.4 Å². The molecule has 0 unspecified atom stereocenters. The van der Waals surface area contributed by atoms with E-state index in [1.54, 1.807) is 23.9 Å². The fraction of sp³-hybridized carbons (Fsp3) is 0.133. The van der Waals surface area contributed by atoms with E-state index in [4.69, 9.17) is 0 Å². The Hall–Kier alpha value is -2.69. The van der Waals surface area contributed by atoms with Crippen molar-refractivity contribution in [2.45, 2.75) is 6.92 Å². The Bertz CT molecular complexity index is 790. The van der Waals surface area contributed by atoms with Crippen LogP contribution in [0.4, 0.5) is 11.5 Å². The summed E-state index contributed by atoms with van der Waals surface area (Å²) in [6.45, 7) is 2.00.